The fourth-order valence-corrected chi connectivity index (χ4v) is 1.36. The molecule has 0 amide bonds. The Labute approximate surface area is 98.5 Å². The van der Waals surface area contributed by atoms with Crippen LogP contribution in [0.5, 0.6) is 0 Å². The summed E-state index contributed by atoms with van der Waals surface area (Å²) in [6.45, 7) is 3.36. The second-order valence-electron chi connectivity index (χ2n) is 4.12. The molecule has 1 unspecified atom stereocenters. The maximum atomic E-state index is 12.9. The van der Waals surface area contributed by atoms with Gasteiger partial charge in [-0.15, -0.1) is 0 Å². The molecule has 0 saturated carbocycles. The predicted molar refractivity (Wildman–Crippen MR) is 59.5 cm³/mol. The van der Waals surface area contributed by atoms with Crippen molar-refractivity contribution in [3.8, 4) is 0 Å². The second-order valence-corrected chi connectivity index (χ2v) is 4.12. The molecular weight excluding hydrogens is 228 g/mol. The first kappa shape index (κ1) is 13.6. The number of carboxylic acid groups (broad SMARTS) is 1. The van der Waals surface area contributed by atoms with Gasteiger partial charge in [0.15, 0.2) is 0 Å². The number of carboxylic acids is 1. The molecule has 0 spiro atoms. The molecule has 1 aromatic rings. The van der Waals surface area contributed by atoms with Crippen LogP contribution in [0, 0.1) is 11.6 Å². The van der Waals surface area contributed by atoms with Gasteiger partial charge in [-0.1, -0.05) is 6.92 Å². The molecule has 0 fully saturated rings. The van der Waals surface area contributed by atoms with Crippen LogP contribution in [-0.2, 0) is 11.3 Å². The molecule has 1 aromatic carbocycles. The fraction of sp³-hybridized carbons (Fsp3) is 0.417. The minimum absolute atomic E-state index is 0.103. The Hall–Kier alpha value is -1.49. The Morgan fingerprint density at radius 2 is 1.88 bits per heavy atom. The Morgan fingerprint density at radius 3 is 2.29 bits per heavy atom. The first-order valence-corrected chi connectivity index (χ1v) is 5.31. The van der Waals surface area contributed by atoms with E-state index in [0.717, 1.165) is 6.07 Å². The molecule has 0 aromatic heterocycles. The third-order valence-electron chi connectivity index (χ3n) is 2.78. The van der Waals surface area contributed by atoms with Crippen LogP contribution in [0.15, 0.2) is 18.2 Å². The fourth-order valence-electron chi connectivity index (χ4n) is 1.36. The smallest absolute Gasteiger partial charge is 0.323 e. The summed E-state index contributed by atoms with van der Waals surface area (Å²) in [5.41, 5.74) is -0.716. The van der Waals surface area contributed by atoms with Crippen molar-refractivity contribution in [1.29, 1.82) is 0 Å². The molecule has 94 valence electrons. The van der Waals surface area contributed by atoms with Crippen LogP contribution in [-0.4, -0.2) is 16.6 Å². The van der Waals surface area contributed by atoms with Crippen LogP contribution in [0.25, 0.3) is 0 Å². The minimum atomic E-state index is -1.09. The molecule has 17 heavy (non-hydrogen) atoms. The largest absolute Gasteiger partial charge is 0.480 e. The van der Waals surface area contributed by atoms with Crippen molar-refractivity contribution in [3.63, 3.8) is 0 Å². The topological polar surface area (TPSA) is 49.3 Å². The minimum Gasteiger partial charge on any atom is -0.480 e. The van der Waals surface area contributed by atoms with Gasteiger partial charge in [-0.25, -0.2) is 8.78 Å². The Bertz CT molecular complexity index is 403. The Morgan fingerprint density at radius 1 is 1.35 bits per heavy atom. The number of nitrogens with one attached hydrogen (secondary N) is 1. The summed E-state index contributed by atoms with van der Waals surface area (Å²) in [6, 6.07) is 3.13. The summed E-state index contributed by atoms with van der Waals surface area (Å²) >= 11 is 0. The first-order valence-electron chi connectivity index (χ1n) is 5.31. The van der Waals surface area contributed by atoms with Crippen LogP contribution < -0.4 is 5.32 Å². The maximum Gasteiger partial charge on any atom is 0.323 e. The van der Waals surface area contributed by atoms with Gasteiger partial charge in [-0.05, 0) is 31.0 Å². The SMILES string of the molecule is CCC(C)(NCc1cc(F)cc(F)c1)C(=O)O. The molecule has 3 nitrogen and oxygen atoms in total. The van der Waals surface area contributed by atoms with E-state index in [4.69, 9.17) is 5.11 Å². The molecule has 0 radical (unpaired) electrons. The van der Waals surface area contributed by atoms with Gasteiger partial charge in [0, 0.05) is 12.6 Å². The van der Waals surface area contributed by atoms with Gasteiger partial charge in [-0.3, -0.25) is 10.1 Å². The van der Waals surface area contributed by atoms with Crippen LogP contribution >= 0.6 is 0 Å². The lowest BCUT2D eigenvalue weighted by Crippen LogP contribution is -2.48. The Balaban J connectivity index is 2.76. The van der Waals surface area contributed by atoms with Gasteiger partial charge < -0.3 is 5.11 Å². The van der Waals surface area contributed by atoms with Gasteiger partial charge in [0.05, 0.1) is 0 Å². The van der Waals surface area contributed by atoms with E-state index in [2.05, 4.69) is 5.32 Å². The van der Waals surface area contributed by atoms with Gasteiger partial charge in [0.25, 0.3) is 0 Å². The third-order valence-corrected chi connectivity index (χ3v) is 2.78. The summed E-state index contributed by atoms with van der Waals surface area (Å²) in [5, 5.41) is 11.8. The van der Waals surface area contributed by atoms with Crippen LogP contribution in [0.1, 0.15) is 25.8 Å². The van der Waals surface area contributed by atoms with E-state index >= 15 is 0 Å². The average Bonchev–Trinajstić information content (AvgIpc) is 2.24. The zero-order valence-electron chi connectivity index (χ0n) is 9.76. The Kier molecular flexibility index (Phi) is 4.17. The maximum absolute atomic E-state index is 12.9. The molecular formula is C12H15F2NO2. The van der Waals surface area contributed by atoms with Crippen molar-refractivity contribution in [2.45, 2.75) is 32.4 Å². The highest BCUT2D eigenvalue weighted by atomic mass is 19.1. The first-order chi connectivity index (χ1) is 7.87. The van der Waals surface area contributed by atoms with E-state index in [-0.39, 0.29) is 6.54 Å². The second kappa shape index (κ2) is 5.23. The van der Waals surface area contributed by atoms with Crippen LogP contribution in [0.4, 0.5) is 8.78 Å². The zero-order valence-corrected chi connectivity index (χ0v) is 9.76. The number of halogens is 2. The molecule has 5 heteroatoms. The van der Waals surface area contributed by atoms with Gasteiger partial charge >= 0.3 is 5.97 Å². The van der Waals surface area contributed by atoms with Crippen molar-refractivity contribution in [3.05, 3.63) is 35.4 Å². The molecule has 0 saturated heterocycles. The van der Waals surface area contributed by atoms with E-state index in [9.17, 15) is 13.6 Å². The van der Waals surface area contributed by atoms with Crippen molar-refractivity contribution >= 4 is 5.97 Å². The van der Waals surface area contributed by atoms with E-state index < -0.39 is 23.1 Å². The number of benzene rings is 1. The number of hydrogen-bond donors (Lipinski definition) is 2. The van der Waals surface area contributed by atoms with Crippen LogP contribution in [0.3, 0.4) is 0 Å². The third kappa shape index (κ3) is 3.49. The van der Waals surface area contributed by atoms with Crippen molar-refractivity contribution in [2.24, 2.45) is 0 Å². The number of rotatable bonds is 5. The standard InChI is InChI=1S/C12H15F2NO2/c1-3-12(2,11(16)17)15-7-8-4-9(13)6-10(14)5-8/h4-6,15H,3,7H2,1-2H3,(H,16,17). The van der Waals surface area contributed by atoms with E-state index in [0.29, 0.717) is 12.0 Å². The highest BCUT2D eigenvalue weighted by Crippen LogP contribution is 2.13. The summed E-state index contributed by atoms with van der Waals surface area (Å²) in [4.78, 5) is 11.0. The molecule has 2 N–H and O–H groups in total. The molecule has 0 aliphatic rings. The number of hydrogen-bond acceptors (Lipinski definition) is 2. The lowest BCUT2D eigenvalue weighted by Gasteiger charge is -2.24. The van der Waals surface area contributed by atoms with E-state index in [1.165, 1.54) is 19.1 Å². The summed E-state index contributed by atoms with van der Waals surface area (Å²) < 4.78 is 25.8. The monoisotopic (exact) mass is 243 g/mol. The lowest BCUT2D eigenvalue weighted by molar-refractivity contribution is -0.144. The van der Waals surface area contributed by atoms with Gasteiger partial charge in [-0.2, -0.15) is 0 Å². The highest BCUT2D eigenvalue weighted by molar-refractivity contribution is 5.78. The van der Waals surface area contributed by atoms with Crippen molar-refractivity contribution in [2.75, 3.05) is 0 Å². The average molecular weight is 243 g/mol. The summed E-state index contributed by atoms with van der Waals surface area (Å²) in [5.74, 6) is -2.33. The van der Waals surface area contributed by atoms with Crippen molar-refractivity contribution < 1.29 is 18.7 Å². The summed E-state index contributed by atoms with van der Waals surface area (Å²) in [6.07, 6.45) is 0.375. The van der Waals surface area contributed by atoms with Gasteiger partial charge in [0.2, 0.25) is 0 Å². The number of aliphatic carboxylic acids is 1. The summed E-state index contributed by atoms with van der Waals surface area (Å²) in [7, 11) is 0. The quantitative estimate of drug-likeness (QED) is 0.834. The molecule has 0 aliphatic carbocycles. The molecule has 1 rings (SSSR count). The molecule has 0 heterocycles. The zero-order chi connectivity index (χ0) is 13.1. The van der Waals surface area contributed by atoms with E-state index in [1.54, 1.807) is 6.92 Å². The molecule has 0 aliphatic heterocycles. The number of carbonyl (C=O) groups is 1. The highest BCUT2D eigenvalue weighted by Gasteiger charge is 2.30. The molecule has 0 bridgehead atoms. The lowest BCUT2D eigenvalue weighted by atomic mass is 9.99. The van der Waals surface area contributed by atoms with Crippen LogP contribution in [0.2, 0.25) is 0 Å². The van der Waals surface area contributed by atoms with Crippen molar-refractivity contribution in [1.82, 2.24) is 5.32 Å². The van der Waals surface area contributed by atoms with E-state index in [1.807, 2.05) is 0 Å². The normalized spacial score (nSPS) is 14.4. The van der Waals surface area contributed by atoms with Gasteiger partial charge in [0.1, 0.15) is 17.2 Å². The predicted octanol–water partition coefficient (Wildman–Crippen LogP) is 2.31. The molecule has 1 atom stereocenters.